The summed E-state index contributed by atoms with van der Waals surface area (Å²) < 4.78 is 39.7. The first-order chi connectivity index (χ1) is 8.98. The van der Waals surface area contributed by atoms with E-state index in [1.165, 1.54) is 18.2 Å². The summed E-state index contributed by atoms with van der Waals surface area (Å²) in [5, 5.41) is 0. The molecule has 1 N–H and O–H groups in total. The van der Waals surface area contributed by atoms with Crippen LogP contribution in [0.15, 0.2) is 48.5 Å². The van der Waals surface area contributed by atoms with Crippen molar-refractivity contribution in [3.63, 3.8) is 0 Å². The lowest BCUT2D eigenvalue weighted by atomic mass is 10.1. The van der Waals surface area contributed by atoms with E-state index in [9.17, 15) is 12.8 Å². The molecule has 0 saturated heterocycles. The quantitative estimate of drug-likeness (QED) is 0.935. The lowest BCUT2D eigenvalue weighted by Crippen LogP contribution is -2.16. The predicted molar refractivity (Wildman–Crippen MR) is 73.8 cm³/mol. The van der Waals surface area contributed by atoms with E-state index in [1.807, 2.05) is 19.1 Å². The Balaban J connectivity index is 2.21. The molecule has 0 unspecified atom stereocenters. The minimum Gasteiger partial charge on any atom is -0.280 e. The second-order valence-electron chi connectivity index (χ2n) is 4.27. The van der Waals surface area contributed by atoms with Crippen LogP contribution in [0, 0.1) is 12.7 Å². The third kappa shape index (κ3) is 3.54. The Hall–Kier alpha value is -1.88. The van der Waals surface area contributed by atoms with Gasteiger partial charge in [-0.05, 0) is 30.2 Å². The summed E-state index contributed by atoms with van der Waals surface area (Å²) in [6.07, 6.45) is 0. The molecule has 2 rings (SSSR count). The first kappa shape index (κ1) is 13.5. The largest absolute Gasteiger partial charge is 0.280 e. The molecule has 0 amide bonds. The Morgan fingerprint density at radius 2 is 1.68 bits per heavy atom. The van der Waals surface area contributed by atoms with Gasteiger partial charge in [0.05, 0.1) is 11.4 Å². The molecule has 3 nitrogen and oxygen atoms in total. The zero-order chi connectivity index (χ0) is 13.9. The molecule has 0 bridgehead atoms. The second-order valence-corrected chi connectivity index (χ2v) is 5.99. The number of rotatable bonds is 4. The van der Waals surface area contributed by atoms with Gasteiger partial charge in [0.25, 0.3) is 0 Å². The molecule has 2 aromatic rings. The fraction of sp³-hybridized carbons (Fsp3) is 0.143. The van der Waals surface area contributed by atoms with E-state index in [0.717, 1.165) is 5.56 Å². The van der Waals surface area contributed by atoms with Gasteiger partial charge in [-0.1, -0.05) is 36.4 Å². The fourth-order valence-corrected chi connectivity index (χ4v) is 3.03. The number of aryl methyl sites for hydroxylation is 1. The van der Waals surface area contributed by atoms with Gasteiger partial charge in [-0.15, -0.1) is 0 Å². The molecule has 0 saturated carbocycles. The van der Waals surface area contributed by atoms with Crippen molar-refractivity contribution in [1.29, 1.82) is 0 Å². The van der Waals surface area contributed by atoms with E-state index in [4.69, 9.17) is 0 Å². The summed E-state index contributed by atoms with van der Waals surface area (Å²) in [6, 6.07) is 12.9. The highest BCUT2D eigenvalue weighted by Crippen LogP contribution is 2.17. The van der Waals surface area contributed by atoms with Gasteiger partial charge < -0.3 is 0 Å². The molecular formula is C14H14FNO2S. The highest BCUT2D eigenvalue weighted by atomic mass is 32.2. The lowest BCUT2D eigenvalue weighted by Gasteiger charge is -2.10. The van der Waals surface area contributed by atoms with Crippen molar-refractivity contribution in [3.8, 4) is 0 Å². The van der Waals surface area contributed by atoms with Crippen molar-refractivity contribution in [2.45, 2.75) is 12.7 Å². The van der Waals surface area contributed by atoms with Crippen molar-refractivity contribution in [2.75, 3.05) is 4.72 Å². The normalized spacial score (nSPS) is 11.3. The third-order valence-electron chi connectivity index (χ3n) is 2.75. The summed E-state index contributed by atoms with van der Waals surface area (Å²) >= 11 is 0. The van der Waals surface area contributed by atoms with Crippen molar-refractivity contribution in [3.05, 3.63) is 65.5 Å². The summed E-state index contributed by atoms with van der Waals surface area (Å²) in [4.78, 5) is 0. The Labute approximate surface area is 112 Å². The summed E-state index contributed by atoms with van der Waals surface area (Å²) in [7, 11) is -3.62. The van der Waals surface area contributed by atoms with Gasteiger partial charge in [-0.2, -0.15) is 0 Å². The second kappa shape index (κ2) is 5.40. The van der Waals surface area contributed by atoms with Crippen LogP contribution < -0.4 is 4.72 Å². The van der Waals surface area contributed by atoms with Gasteiger partial charge in [0, 0.05) is 0 Å². The van der Waals surface area contributed by atoms with E-state index in [1.54, 1.807) is 18.2 Å². The maximum absolute atomic E-state index is 13.4. The highest BCUT2D eigenvalue weighted by Gasteiger charge is 2.14. The van der Waals surface area contributed by atoms with E-state index in [-0.39, 0.29) is 11.4 Å². The topological polar surface area (TPSA) is 46.2 Å². The van der Waals surface area contributed by atoms with Gasteiger partial charge in [0.15, 0.2) is 0 Å². The maximum Gasteiger partial charge on any atom is 0.237 e. The number of halogens is 1. The van der Waals surface area contributed by atoms with Gasteiger partial charge in [-0.3, -0.25) is 4.72 Å². The van der Waals surface area contributed by atoms with Crippen molar-refractivity contribution in [1.82, 2.24) is 0 Å². The van der Waals surface area contributed by atoms with E-state index < -0.39 is 15.8 Å². The standard InChI is InChI=1S/C14H14FNO2S/c1-11-6-2-3-7-12(11)10-19(17,18)16-14-9-5-4-8-13(14)15/h2-9,16H,10H2,1H3. The molecule has 0 aromatic heterocycles. The minimum absolute atomic E-state index is 0.0314. The van der Waals surface area contributed by atoms with Crippen LogP contribution in [-0.4, -0.2) is 8.42 Å². The number of sulfonamides is 1. The van der Waals surface area contributed by atoms with Gasteiger partial charge in [0.2, 0.25) is 10.0 Å². The van der Waals surface area contributed by atoms with Crippen molar-refractivity contribution in [2.24, 2.45) is 0 Å². The molecule has 100 valence electrons. The molecule has 0 aliphatic heterocycles. The highest BCUT2D eigenvalue weighted by molar-refractivity contribution is 7.91. The number of benzene rings is 2. The predicted octanol–water partition coefficient (Wildman–Crippen LogP) is 3.08. The molecule has 0 aliphatic carbocycles. The van der Waals surface area contributed by atoms with Crippen LogP contribution in [0.1, 0.15) is 11.1 Å². The van der Waals surface area contributed by atoms with Crippen LogP contribution in [0.2, 0.25) is 0 Å². The maximum atomic E-state index is 13.4. The molecule has 19 heavy (non-hydrogen) atoms. The molecule has 0 spiro atoms. The Kier molecular flexibility index (Phi) is 3.85. The van der Waals surface area contributed by atoms with Gasteiger partial charge >= 0.3 is 0 Å². The van der Waals surface area contributed by atoms with Crippen LogP contribution in [-0.2, 0) is 15.8 Å². The number of anilines is 1. The molecule has 0 radical (unpaired) electrons. The molecule has 0 heterocycles. The average molecular weight is 279 g/mol. The minimum atomic E-state index is -3.62. The summed E-state index contributed by atoms with van der Waals surface area (Å²) in [5.41, 5.74) is 1.56. The smallest absolute Gasteiger partial charge is 0.237 e. The van der Waals surface area contributed by atoms with E-state index in [2.05, 4.69) is 4.72 Å². The van der Waals surface area contributed by atoms with Crippen LogP contribution in [0.3, 0.4) is 0 Å². The Bertz CT molecular complexity index is 630. The lowest BCUT2D eigenvalue weighted by molar-refractivity contribution is 0.597. The first-order valence-corrected chi connectivity index (χ1v) is 7.43. The average Bonchev–Trinajstić information content (AvgIpc) is 2.35. The summed E-state index contributed by atoms with van der Waals surface area (Å²) in [6.45, 7) is 1.84. The molecular weight excluding hydrogens is 265 g/mol. The van der Waals surface area contributed by atoms with Crippen molar-refractivity contribution < 1.29 is 12.8 Å². The van der Waals surface area contributed by atoms with Crippen LogP contribution >= 0.6 is 0 Å². The van der Waals surface area contributed by atoms with Crippen LogP contribution in [0.5, 0.6) is 0 Å². The molecule has 0 fully saturated rings. The number of hydrogen-bond donors (Lipinski definition) is 1. The zero-order valence-electron chi connectivity index (χ0n) is 10.4. The monoisotopic (exact) mass is 279 g/mol. The van der Waals surface area contributed by atoms with Crippen molar-refractivity contribution >= 4 is 15.7 Å². The number of nitrogens with one attached hydrogen (secondary N) is 1. The van der Waals surface area contributed by atoms with E-state index >= 15 is 0 Å². The third-order valence-corrected chi connectivity index (χ3v) is 3.97. The number of hydrogen-bond acceptors (Lipinski definition) is 2. The van der Waals surface area contributed by atoms with Crippen LogP contribution in [0.25, 0.3) is 0 Å². The number of para-hydroxylation sites is 1. The molecule has 0 atom stereocenters. The first-order valence-electron chi connectivity index (χ1n) is 5.77. The molecule has 0 aliphatic rings. The Morgan fingerprint density at radius 3 is 2.37 bits per heavy atom. The Morgan fingerprint density at radius 1 is 1.05 bits per heavy atom. The SMILES string of the molecule is Cc1ccccc1CS(=O)(=O)Nc1ccccc1F. The zero-order valence-corrected chi connectivity index (χ0v) is 11.2. The van der Waals surface area contributed by atoms with Crippen LogP contribution in [0.4, 0.5) is 10.1 Å². The van der Waals surface area contributed by atoms with E-state index in [0.29, 0.717) is 5.56 Å². The molecule has 2 aromatic carbocycles. The van der Waals surface area contributed by atoms with Gasteiger partial charge in [0.1, 0.15) is 5.82 Å². The molecule has 5 heteroatoms. The fourth-order valence-electron chi connectivity index (χ4n) is 1.72. The van der Waals surface area contributed by atoms with Gasteiger partial charge in [-0.25, -0.2) is 12.8 Å². The summed E-state index contributed by atoms with van der Waals surface area (Å²) in [5.74, 6) is -0.760.